The number of pyridine rings is 1. The summed E-state index contributed by atoms with van der Waals surface area (Å²) >= 11 is 5.72. The second-order valence-electron chi connectivity index (χ2n) is 3.75. The molecular weight excluding hydrogens is 225 g/mol. The highest BCUT2D eigenvalue weighted by atomic mass is 35.5. The van der Waals surface area contributed by atoms with Crippen LogP contribution in [0.5, 0.6) is 0 Å². The average Bonchev–Trinajstić information content (AvgIpc) is 2.24. The molecule has 1 aromatic heterocycles. The van der Waals surface area contributed by atoms with Gasteiger partial charge in [-0.15, -0.1) is 0 Å². The highest BCUT2D eigenvalue weighted by molar-refractivity contribution is 6.30. The Bertz CT molecular complexity index is 511. The largest absolute Gasteiger partial charge is 0.261 e. The summed E-state index contributed by atoms with van der Waals surface area (Å²) in [7, 11) is 0. The lowest BCUT2D eigenvalue weighted by Crippen LogP contribution is -1.93. The lowest BCUT2D eigenvalue weighted by molar-refractivity contribution is 0.627. The Hall–Kier alpha value is -1.41. The molecule has 1 nitrogen and oxygen atoms in total. The quantitative estimate of drug-likeness (QED) is 0.772. The van der Waals surface area contributed by atoms with Gasteiger partial charge in [0.1, 0.15) is 5.82 Å². The van der Waals surface area contributed by atoms with Crippen LogP contribution in [-0.2, 0) is 6.42 Å². The average molecular weight is 236 g/mol. The van der Waals surface area contributed by atoms with Crippen molar-refractivity contribution in [3.05, 3.63) is 64.2 Å². The lowest BCUT2D eigenvalue weighted by atomic mass is 10.1. The number of rotatable bonds is 2. The van der Waals surface area contributed by atoms with E-state index in [-0.39, 0.29) is 10.8 Å². The molecule has 2 rings (SSSR count). The molecule has 0 fully saturated rings. The fourth-order valence-electron chi connectivity index (χ4n) is 1.55. The summed E-state index contributed by atoms with van der Waals surface area (Å²) < 4.78 is 13.0. The molecule has 0 radical (unpaired) electrons. The van der Waals surface area contributed by atoms with Crippen LogP contribution in [0.3, 0.4) is 0 Å². The van der Waals surface area contributed by atoms with Gasteiger partial charge in [0.25, 0.3) is 0 Å². The second kappa shape index (κ2) is 4.62. The molecule has 82 valence electrons. The van der Waals surface area contributed by atoms with Crippen LogP contribution in [0.15, 0.2) is 36.5 Å². The fourth-order valence-corrected chi connectivity index (χ4v) is 1.76. The molecule has 1 aromatic carbocycles. The molecular formula is C13H11ClFN. The van der Waals surface area contributed by atoms with Gasteiger partial charge >= 0.3 is 0 Å². The van der Waals surface area contributed by atoms with E-state index in [0.29, 0.717) is 6.42 Å². The van der Waals surface area contributed by atoms with Gasteiger partial charge < -0.3 is 0 Å². The van der Waals surface area contributed by atoms with E-state index >= 15 is 0 Å². The number of hydrogen-bond donors (Lipinski definition) is 0. The molecule has 3 heteroatoms. The summed E-state index contributed by atoms with van der Waals surface area (Å²) in [6.45, 7) is 2.02. The van der Waals surface area contributed by atoms with Crippen LogP contribution in [0.2, 0.25) is 5.02 Å². The molecule has 0 saturated carbocycles. The van der Waals surface area contributed by atoms with Crippen molar-refractivity contribution in [3.63, 3.8) is 0 Å². The zero-order valence-electron chi connectivity index (χ0n) is 8.87. The Morgan fingerprint density at radius 1 is 1.25 bits per heavy atom. The minimum atomic E-state index is -0.386. The van der Waals surface area contributed by atoms with Gasteiger partial charge in [-0.25, -0.2) is 4.39 Å². The second-order valence-corrected chi connectivity index (χ2v) is 4.16. The maximum atomic E-state index is 13.0. The van der Waals surface area contributed by atoms with Gasteiger partial charge in [-0.3, -0.25) is 4.98 Å². The standard InChI is InChI=1S/C13H11ClFN/c1-9-4-5-16-11(6-9)7-10-2-3-13(15)12(14)8-10/h2-6,8H,7H2,1H3. The summed E-state index contributed by atoms with van der Waals surface area (Å²) in [5.74, 6) is -0.386. The van der Waals surface area contributed by atoms with Crippen LogP contribution in [0, 0.1) is 12.7 Å². The van der Waals surface area contributed by atoms with Gasteiger partial charge in [-0.1, -0.05) is 17.7 Å². The number of nitrogens with zero attached hydrogens (tertiary/aromatic N) is 1. The summed E-state index contributed by atoms with van der Waals surface area (Å²) in [4.78, 5) is 4.25. The number of benzene rings is 1. The first kappa shape index (κ1) is 11.1. The van der Waals surface area contributed by atoms with Crippen molar-refractivity contribution in [1.82, 2.24) is 4.98 Å². The van der Waals surface area contributed by atoms with Crippen molar-refractivity contribution in [3.8, 4) is 0 Å². The zero-order chi connectivity index (χ0) is 11.5. The molecule has 0 aliphatic heterocycles. The molecule has 1 heterocycles. The van der Waals surface area contributed by atoms with E-state index in [1.54, 1.807) is 18.3 Å². The van der Waals surface area contributed by atoms with Gasteiger partial charge in [-0.05, 0) is 42.3 Å². The monoisotopic (exact) mass is 235 g/mol. The van der Waals surface area contributed by atoms with E-state index in [1.165, 1.54) is 11.6 Å². The van der Waals surface area contributed by atoms with Crippen LogP contribution in [0.1, 0.15) is 16.8 Å². The topological polar surface area (TPSA) is 12.9 Å². The molecule has 16 heavy (non-hydrogen) atoms. The van der Waals surface area contributed by atoms with E-state index < -0.39 is 0 Å². The zero-order valence-corrected chi connectivity index (χ0v) is 9.63. The fraction of sp³-hybridized carbons (Fsp3) is 0.154. The molecule has 0 saturated heterocycles. The molecule has 0 aliphatic rings. The van der Waals surface area contributed by atoms with Gasteiger partial charge in [0.2, 0.25) is 0 Å². The lowest BCUT2D eigenvalue weighted by Gasteiger charge is -2.03. The molecule has 0 spiro atoms. The molecule has 0 aliphatic carbocycles. The number of aryl methyl sites for hydroxylation is 1. The molecule has 0 atom stereocenters. The molecule has 0 unspecified atom stereocenters. The van der Waals surface area contributed by atoms with Crippen LogP contribution in [0.25, 0.3) is 0 Å². The van der Waals surface area contributed by atoms with Crippen molar-refractivity contribution in [1.29, 1.82) is 0 Å². The highest BCUT2D eigenvalue weighted by Gasteiger charge is 2.02. The first-order chi connectivity index (χ1) is 7.65. The van der Waals surface area contributed by atoms with Crippen LogP contribution in [-0.4, -0.2) is 4.98 Å². The molecule has 2 aromatic rings. The molecule has 0 bridgehead atoms. The third kappa shape index (κ3) is 2.58. The smallest absolute Gasteiger partial charge is 0.141 e. The number of halogens is 2. The SMILES string of the molecule is Cc1ccnc(Cc2ccc(F)c(Cl)c2)c1. The van der Waals surface area contributed by atoms with Gasteiger partial charge in [0.15, 0.2) is 0 Å². The van der Waals surface area contributed by atoms with Crippen molar-refractivity contribution in [2.45, 2.75) is 13.3 Å². The highest BCUT2D eigenvalue weighted by Crippen LogP contribution is 2.18. The van der Waals surface area contributed by atoms with E-state index in [0.717, 1.165) is 11.3 Å². The van der Waals surface area contributed by atoms with Crippen molar-refractivity contribution < 1.29 is 4.39 Å². The Kier molecular flexibility index (Phi) is 3.20. The maximum absolute atomic E-state index is 13.0. The predicted molar refractivity (Wildman–Crippen MR) is 63.2 cm³/mol. The minimum Gasteiger partial charge on any atom is -0.261 e. The van der Waals surface area contributed by atoms with Gasteiger partial charge in [0, 0.05) is 18.3 Å². The van der Waals surface area contributed by atoms with Crippen molar-refractivity contribution in [2.24, 2.45) is 0 Å². The molecule has 0 N–H and O–H groups in total. The van der Waals surface area contributed by atoms with Crippen LogP contribution in [0.4, 0.5) is 4.39 Å². The van der Waals surface area contributed by atoms with Crippen LogP contribution < -0.4 is 0 Å². The Morgan fingerprint density at radius 2 is 2.06 bits per heavy atom. The van der Waals surface area contributed by atoms with E-state index in [2.05, 4.69) is 4.98 Å². The first-order valence-electron chi connectivity index (χ1n) is 5.00. The first-order valence-corrected chi connectivity index (χ1v) is 5.38. The van der Waals surface area contributed by atoms with Crippen LogP contribution >= 0.6 is 11.6 Å². The Labute approximate surface area is 98.9 Å². The summed E-state index contributed by atoms with van der Waals surface area (Å²) in [5, 5.41) is 0.158. The predicted octanol–water partition coefficient (Wildman–Crippen LogP) is 3.77. The number of aromatic nitrogens is 1. The van der Waals surface area contributed by atoms with E-state index in [9.17, 15) is 4.39 Å². The number of hydrogen-bond acceptors (Lipinski definition) is 1. The third-order valence-electron chi connectivity index (χ3n) is 2.34. The summed E-state index contributed by atoms with van der Waals surface area (Å²) in [5.41, 5.74) is 3.09. The van der Waals surface area contributed by atoms with Gasteiger partial charge in [-0.2, -0.15) is 0 Å². The summed E-state index contributed by atoms with van der Waals surface area (Å²) in [6, 6.07) is 8.71. The Balaban J connectivity index is 2.24. The normalized spacial score (nSPS) is 10.4. The molecule has 0 amide bonds. The van der Waals surface area contributed by atoms with Crippen molar-refractivity contribution >= 4 is 11.6 Å². The van der Waals surface area contributed by atoms with Crippen molar-refractivity contribution in [2.75, 3.05) is 0 Å². The third-order valence-corrected chi connectivity index (χ3v) is 2.63. The van der Waals surface area contributed by atoms with Gasteiger partial charge in [0.05, 0.1) is 5.02 Å². The maximum Gasteiger partial charge on any atom is 0.141 e. The minimum absolute atomic E-state index is 0.158. The Morgan fingerprint density at radius 3 is 2.75 bits per heavy atom. The van der Waals surface area contributed by atoms with E-state index in [1.807, 2.05) is 19.1 Å². The summed E-state index contributed by atoms with van der Waals surface area (Å²) in [6.07, 6.45) is 2.44. The van der Waals surface area contributed by atoms with E-state index in [4.69, 9.17) is 11.6 Å².